The summed E-state index contributed by atoms with van der Waals surface area (Å²) in [5.74, 6) is 0. The normalized spacial score (nSPS) is 11.5. The van der Waals surface area contributed by atoms with Gasteiger partial charge in [0.1, 0.15) is 5.56 Å². The Morgan fingerprint density at radius 3 is 2.46 bits per heavy atom. The molecule has 0 aliphatic heterocycles. The Morgan fingerprint density at radius 2 is 1.96 bits per heavy atom. The first kappa shape index (κ1) is 18.0. The molecule has 130 valence electrons. The van der Waals surface area contributed by atoms with Crippen molar-refractivity contribution in [3.8, 4) is 11.3 Å². The highest BCUT2D eigenvalue weighted by molar-refractivity contribution is 7.90. The van der Waals surface area contributed by atoms with Crippen molar-refractivity contribution in [1.29, 1.82) is 0 Å². The minimum absolute atomic E-state index is 0.0366. The standard InChI is InChI=1S/C16H21N3O4S/c1-5-17-14-10(3)11(7-8-13(14)24(4,22)23)15-12(9-20)16(21)19(6-2)18-15/h7-9,17-18H,5-6H2,1-4H3. The molecule has 1 aromatic heterocycles. The first-order chi connectivity index (χ1) is 11.3. The number of rotatable bonds is 6. The van der Waals surface area contributed by atoms with Crippen LogP contribution >= 0.6 is 0 Å². The summed E-state index contributed by atoms with van der Waals surface area (Å²) in [5, 5.41) is 6.00. The molecule has 0 aliphatic carbocycles. The van der Waals surface area contributed by atoms with Crippen LogP contribution in [-0.4, -0.2) is 37.3 Å². The molecule has 0 atom stereocenters. The van der Waals surface area contributed by atoms with E-state index in [0.29, 0.717) is 41.9 Å². The lowest BCUT2D eigenvalue weighted by atomic mass is 10.0. The van der Waals surface area contributed by atoms with Gasteiger partial charge in [-0.25, -0.2) is 8.42 Å². The van der Waals surface area contributed by atoms with Crippen molar-refractivity contribution in [2.24, 2.45) is 0 Å². The largest absolute Gasteiger partial charge is 0.384 e. The quantitative estimate of drug-likeness (QED) is 0.773. The predicted molar refractivity (Wildman–Crippen MR) is 93.6 cm³/mol. The monoisotopic (exact) mass is 351 g/mol. The van der Waals surface area contributed by atoms with Gasteiger partial charge >= 0.3 is 0 Å². The second kappa shape index (κ2) is 6.64. The minimum atomic E-state index is -3.41. The molecule has 0 radical (unpaired) electrons. The van der Waals surface area contributed by atoms with Crippen LogP contribution in [0, 0.1) is 6.92 Å². The van der Waals surface area contributed by atoms with E-state index in [1.807, 2.05) is 6.92 Å². The Kier molecular flexibility index (Phi) is 4.98. The van der Waals surface area contributed by atoms with Gasteiger partial charge in [0.2, 0.25) is 0 Å². The predicted octanol–water partition coefficient (Wildman–Crippen LogP) is 1.82. The molecule has 8 heteroatoms. The summed E-state index contributed by atoms with van der Waals surface area (Å²) < 4.78 is 25.3. The number of aryl methyl sites for hydroxylation is 1. The molecule has 0 unspecified atom stereocenters. The number of carbonyl (C=O) groups is 1. The number of nitrogens with zero attached hydrogens (tertiary/aromatic N) is 1. The van der Waals surface area contributed by atoms with Crippen LogP contribution in [0.3, 0.4) is 0 Å². The lowest BCUT2D eigenvalue weighted by molar-refractivity contribution is 0.112. The average molecular weight is 351 g/mol. The van der Waals surface area contributed by atoms with Crippen LogP contribution in [0.1, 0.15) is 29.8 Å². The Labute approximate surface area is 140 Å². The first-order valence-corrected chi connectivity index (χ1v) is 9.51. The molecule has 24 heavy (non-hydrogen) atoms. The van der Waals surface area contributed by atoms with E-state index in [2.05, 4.69) is 10.4 Å². The lowest BCUT2D eigenvalue weighted by Gasteiger charge is -2.16. The van der Waals surface area contributed by atoms with E-state index in [9.17, 15) is 18.0 Å². The summed E-state index contributed by atoms with van der Waals surface area (Å²) in [6.45, 7) is 6.36. The molecule has 0 fully saturated rings. The first-order valence-electron chi connectivity index (χ1n) is 7.62. The maximum atomic E-state index is 12.2. The zero-order valence-electron chi connectivity index (χ0n) is 14.1. The molecule has 0 amide bonds. The number of anilines is 1. The molecule has 0 saturated heterocycles. The maximum Gasteiger partial charge on any atom is 0.277 e. The van der Waals surface area contributed by atoms with Gasteiger partial charge in [0.15, 0.2) is 16.1 Å². The van der Waals surface area contributed by atoms with Crippen molar-refractivity contribution < 1.29 is 13.2 Å². The molecule has 2 N–H and O–H groups in total. The third-order valence-electron chi connectivity index (χ3n) is 3.87. The van der Waals surface area contributed by atoms with Crippen LogP contribution in [0.15, 0.2) is 21.8 Å². The van der Waals surface area contributed by atoms with Crippen LogP contribution in [0.5, 0.6) is 0 Å². The van der Waals surface area contributed by atoms with Crippen LogP contribution in [0.2, 0.25) is 0 Å². The highest BCUT2D eigenvalue weighted by Gasteiger charge is 2.21. The molecule has 0 saturated carbocycles. The highest BCUT2D eigenvalue weighted by atomic mass is 32.2. The van der Waals surface area contributed by atoms with E-state index in [-0.39, 0.29) is 16.0 Å². The Balaban J connectivity index is 2.81. The number of aromatic nitrogens is 2. The van der Waals surface area contributed by atoms with Crippen molar-refractivity contribution in [2.45, 2.75) is 32.2 Å². The maximum absolute atomic E-state index is 12.2. The third kappa shape index (κ3) is 3.01. The number of hydrogen-bond donors (Lipinski definition) is 2. The van der Waals surface area contributed by atoms with Crippen molar-refractivity contribution in [3.63, 3.8) is 0 Å². The molecule has 2 rings (SSSR count). The Morgan fingerprint density at radius 1 is 1.29 bits per heavy atom. The molecule has 0 bridgehead atoms. The van der Waals surface area contributed by atoms with Crippen molar-refractivity contribution >= 4 is 21.8 Å². The van der Waals surface area contributed by atoms with Gasteiger partial charge in [0.25, 0.3) is 5.56 Å². The number of aldehydes is 1. The van der Waals surface area contributed by atoms with E-state index in [1.54, 1.807) is 19.9 Å². The molecule has 7 nitrogen and oxygen atoms in total. The van der Waals surface area contributed by atoms with Crippen LogP contribution in [-0.2, 0) is 16.4 Å². The molecular formula is C16H21N3O4S. The highest BCUT2D eigenvalue weighted by Crippen LogP contribution is 2.33. The second-order valence-electron chi connectivity index (χ2n) is 5.48. The van der Waals surface area contributed by atoms with E-state index in [1.165, 1.54) is 10.7 Å². The third-order valence-corrected chi connectivity index (χ3v) is 5.01. The molecule has 1 aromatic carbocycles. The van der Waals surface area contributed by atoms with Crippen LogP contribution < -0.4 is 10.9 Å². The summed E-state index contributed by atoms with van der Waals surface area (Å²) in [6, 6.07) is 3.11. The van der Waals surface area contributed by atoms with Gasteiger partial charge < -0.3 is 5.32 Å². The topological polar surface area (TPSA) is 101 Å². The average Bonchev–Trinajstić information content (AvgIpc) is 2.84. The fraction of sp³-hybridized carbons (Fsp3) is 0.375. The zero-order valence-corrected chi connectivity index (χ0v) is 15.0. The number of H-pyrrole nitrogens is 1. The Bertz CT molecular complexity index is 939. The molecule has 0 spiro atoms. The Hall–Kier alpha value is -2.35. The molecule has 1 heterocycles. The summed E-state index contributed by atoms with van der Waals surface area (Å²) in [6.07, 6.45) is 1.67. The fourth-order valence-corrected chi connectivity index (χ4v) is 3.61. The smallest absolute Gasteiger partial charge is 0.277 e. The van der Waals surface area contributed by atoms with E-state index in [4.69, 9.17) is 0 Å². The summed E-state index contributed by atoms with van der Waals surface area (Å²) in [7, 11) is -3.41. The number of benzene rings is 1. The van der Waals surface area contributed by atoms with Crippen LogP contribution in [0.4, 0.5) is 5.69 Å². The van der Waals surface area contributed by atoms with Crippen molar-refractivity contribution in [3.05, 3.63) is 33.6 Å². The molecular weight excluding hydrogens is 330 g/mol. The van der Waals surface area contributed by atoms with Gasteiger partial charge in [-0.3, -0.25) is 19.4 Å². The minimum Gasteiger partial charge on any atom is -0.384 e. The van der Waals surface area contributed by atoms with Gasteiger partial charge in [-0.05, 0) is 32.4 Å². The summed E-state index contributed by atoms with van der Waals surface area (Å²) in [5.41, 5.74) is 1.80. The van der Waals surface area contributed by atoms with Gasteiger partial charge in [0, 0.05) is 24.9 Å². The van der Waals surface area contributed by atoms with Gasteiger partial charge in [-0.1, -0.05) is 6.07 Å². The van der Waals surface area contributed by atoms with E-state index < -0.39 is 9.84 Å². The summed E-state index contributed by atoms with van der Waals surface area (Å²) in [4.78, 5) is 23.7. The summed E-state index contributed by atoms with van der Waals surface area (Å²) >= 11 is 0. The van der Waals surface area contributed by atoms with E-state index >= 15 is 0 Å². The fourth-order valence-electron chi connectivity index (χ4n) is 2.70. The number of sulfone groups is 1. The van der Waals surface area contributed by atoms with E-state index in [0.717, 1.165) is 6.26 Å². The lowest BCUT2D eigenvalue weighted by Crippen LogP contribution is -2.17. The zero-order chi connectivity index (χ0) is 18.1. The van der Waals surface area contributed by atoms with Gasteiger partial charge in [0.05, 0.1) is 16.3 Å². The van der Waals surface area contributed by atoms with Crippen molar-refractivity contribution in [2.75, 3.05) is 18.1 Å². The second-order valence-corrected chi connectivity index (χ2v) is 7.47. The van der Waals surface area contributed by atoms with Gasteiger partial charge in [-0.2, -0.15) is 0 Å². The molecule has 0 aliphatic rings. The number of hydrogen-bond acceptors (Lipinski definition) is 5. The SMILES string of the molecule is CCNc1c(S(C)(=O)=O)ccc(-c2[nH]n(CC)c(=O)c2C=O)c1C. The van der Waals surface area contributed by atoms with Crippen molar-refractivity contribution in [1.82, 2.24) is 9.78 Å². The number of aromatic amines is 1. The molecule has 2 aromatic rings. The number of nitrogens with one attached hydrogen (secondary N) is 2. The van der Waals surface area contributed by atoms with Gasteiger partial charge in [-0.15, -0.1) is 0 Å². The van der Waals surface area contributed by atoms with Crippen LogP contribution in [0.25, 0.3) is 11.3 Å². The number of carbonyl (C=O) groups excluding carboxylic acids is 1.